The molecule has 110 valence electrons. The summed E-state index contributed by atoms with van der Waals surface area (Å²) in [5.74, 6) is -0.241. The molecule has 0 spiro atoms. The molecule has 21 heavy (non-hydrogen) atoms. The van der Waals surface area contributed by atoms with Crippen molar-refractivity contribution in [3.8, 4) is 0 Å². The minimum Gasteiger partial charge on any atom is -0.378 e. The van der Waals surface area contributed by atoms with Crippen LogP contribution in [0.2, 0.25) is 10.3 Å². The first-order valence-electron chi connectivity index (χ1n) is 6.30. The van der Waals surface area contributed by atoms with Gasteiger partial charge in [0.1, 0.15) is 5.15 Å². The van der Waals surface area contributed by atoms with Gasteiger partial charge in [0.2, 0.25) is 0 Å². The van der Waals surface area contributed by atoms with Crippen LogP contribution in [-0.2, 0) is 0 Å². The minimum absolute atomic E-state index is 0.179. The molecule has 0 atom stereocenters. The van der Waals surface area contributed by atoms with Crippen LogP contribution in [0.25, 0.3) is 0 Å². The van der Waals surface area contributed by atoms with Crippen molar-refractivity contribution in [2.45, 2.75) is 6.92 Å². The topological polar surface area (TPSA) is 45.2 Å². The van der Waals surface area contributed by atoms with Crippen molar-refractivity contribution in [1.82, 2.24) is 4.98 Å². The fourth-order valence-electron chi connectivity index (χ4n) is 1.84. The highest BCUT2D eigenvalue weighted by Crippen LogP contribution is 2.27. The number of anilines is 2. The average Bonchev–Trinajstić information content (AvgIpc) is 2.42. The number of nitrogens with zero attached hydrogens (tertiary/aromatic N) is 2. The first kappa shape index (κ1) is 15.6. The van der Waals surface area contributed by atoms with Gasteiger partial charge in [0.15, 0.2) is 5.15 Å². The molecule has 1 heterocycles. The second-order valence-electron chi connectivity index (χ2n) is 4.82. The van der Waals surface area contributed by atoms with E-state index in [-0.39, 0.29) is 11.1 Å². The van der Waals surface area contributed by atoms with Gasteiger partial charge in [0, 0.05) is 25.3 Å². The molecular formula is C15H15Cl2N3O. The fraction of sp³-hybridized carbons (Fsp3) is 0.200. The van der Waals surface area contributed by atoms with Gasteiger partial charge in [-0.05, 0) is 42.8 Å². The molecule has 0 aliphatic carbocycles. The molecule has 1 aromatic heterocycles. The van der Waals surface area contributed by atoms with Gasteiger partial charge in [-0.25, -0.2) is 4.98 Å². The molecule has 1 aromatic carbocycles. The third-order valence-corrected chi connectivity index (χ3v) is 3.49. The summed E-state index contributed by atoms with van der Waals surface area (Å²) in [6, 6.07) is 8.93. The summed E-state index contributed by atoms with van der Waals surface area (Å²) in [5, 5.41) is 3.24. The van der Waals surface area contributed by atoms with Gasteiger partial charge in [-0.15, -0.1) is 0 Å². The van der Waals surface area contributed by atoms with Crippen molar-refractivity contribution in [3.63, 3.8) is 0 Å². The Kier molecular flexibility index (Phi) is 4.70. The first-order valence-corrected chi connectivity index (χ1v) is 7.05. The predicted octanol–water partition coefficient (Wildman–Crippen LogP) is 4.02. The number of halogens is 2. The summed E-state index contributed by atoms with van der Waals surface area (Å²) in [7, 11) is 3.88. The van der Waals surface area contributed by atoms with Gasteiger partial charge in [-0.2, -0.15) is 0 Å². The zero-order valence-corrected chi connectivity index (χ0v) is 13.5. The molecule has 0 radical (unpaired) electrons. The Bertz CT molecular complexity index is 646. The zero-order valence-electron chi connectivity index (χ0n) is 11.9. The molecule has 2 aromatic rings. The Morgan fingerprint density at radius 3 is 2.33 bits per heavy atom. The highest BCUT2D eigenvalue weighted by Gasteiger charge is 2.12. The quantitative estimate of drug-likeness (QED) is 0.868. The Balaban J connectivity index is 2.22. The van der Waals surface area contributed by atoms with E-state index in [2.05, 4.69) is 10.3 Å². The molecule has 0 aliphatic rings. The molecule has 1 N–H and O–H groups in total. The van der Waals surface area contributed by atoms with E-state index in [1.165, 1.54) is 0 Å². The first-order chi connectivity index (χ1) is 9.88. The maximum absolute atomic E-state index is 12.2. The van der Waals surface area contributed by atoms with Crippen molar-refractivity contribution in [2.24, 2.45) is 0 Å². The molecule has 0 fully saturated rings. The summed E-state index contributed by atoms with van der Waals surface area (Å²) in [4.78, 5) is 18.1. The van der Waals surface area contributed by atoms with Crippen molar-refractivity contribution >= 4 is 40.5 Å². The summed E-state index contributed by atoms with van der Waals surface area (Å²) in [6.07, 6.45) is 0. The van der Waals surface area contributed by atoms with Gasteiger partial charge in [0.25, 0.3) is 5.91 Å². The number of carbonyl (C=O) groups excluding carboxylic acids is 1. The molecule has 0 aliphatic heterocycles. The van der Waals surface area contributed by atoms with Crippen LogP contribution in [0.3, 0.4) is 0 Å². The van der Waals surface area contributed by atoms with Gasteiger partial charge < -0.3 is 10.2 Å². The second kappa shape index (κ2) is 6.33. The van der Waals surface area contributed by atoms with E-state index in [1.54, 1.807) is 18.2 Å². The van der Waals surface area contributed by atoms with Crippen LogP contribution in [0.1, 0.15) is 15.9 Å². The van der Waals surface area contributed by atoms with Crippen LogP contribution in [0.4, 0.5) is 11.4 Å². The van der Waals surface area contributed by atoms with Crippen LogP contribution >= 0.6 is 23.2 Å². The maximum atomic E-state index is 12.2. The van der Waals surface area contributed by atoms with Gasteiger partial charge in [0.05, 0.1) is 5.69 Å². The largest absolute Gasteiger partial charge is 0.378 e. The molecule has 4 nitrogen and oxygen atoms in total. The molecular weight excluding hydrogens is 309 g/mol. The van der Waals surface area contributed by atoms with Crippen LogP contribution in [0, 0.1) is 6.92 Å². The molecule has 1 amide bonds. The van der Waals surface area contributed by atoms with Gasteiger partial charge in [-0.3, -0.25) is 4.79 Å². The third-order valence-electron chi connectivity index (χ3n) is 3.03. The number of hydrogen-bond acceptors (Lipinski definition) is 3. The number of nitrogens with one attached hydrogen (secondary N) is 1. The van der Waals surface area contributed by atoms with Gasteiger partial charge in [-0.1, -0.05) is 23.2 Å². The summed E-state index contributed by atoms with van der Waals surface area (Å²) < 4.78 is 0. The highest BCUT2D eigenvalue weighted by atomic mass is 35.5. The fourth-order valence-corrected chi connectivity index (χ4v) is 2.42. The van der Waals surface area contributed by atoms with E-state index >= 15 is 0 Å². The van der Waals surface area contributed by atoms with Crippen molar-refractivity contribution in [2.75, 3.05) is 24.3 Å². The van der Waals surface area contributed by atoms with E-state index in [4.69, 9.17) is 23.2 Å². The van der Waals surface area contributed by atoms with Crippen LogP contribution in [0.5, 0.6) is 0 Å². The van der Waals surface area contributed by atoms with Crippen molar-refractivity contribution in [3.05, 3.63) is 51.8 Å². The zero-order chi connectivity index (χ0) is 15.6. The Labute approximate surface area is 133 Å². The average molecular weight is 324 g/mol. The van der Waals surface area contributed by atoms with Gasteiger partial charge >= 0.3 is 0 Å². The highest BCUT2D eigenvalue weighted by molar-refractivity contribution is 6.35. The molecule has 2 rings (SSSR count). The van der Waals surface area contributed by atoms with Crippen molar-refractivity contribution in [1.29, 1.82) is 0 Å². The summed E-state index contributed by atoms with van der Waals surface area (Å²) in [5.41, 5.74) is 2.81. The second-order valence-corrected chi connectivity index (χ2v) is 5.57. The van der Waals surface area contributed by atoms with E-state index in [1.807, 2.05) is 38.1 Å². The number of carbonyl (C=O) groups is 1. The molecule has 0 saturated heterocycles. The van der Waals surface area contributed by atoms with Crippen LogP contribution in [-0.4, -0.2) is 25.0 Å². The lowest BCUT2D eigenvalue weighted by atomic mass is 10.1. The lowest BCUT2D eigenvalue weighted by molar-refractivity contribution is 0.102. The minimum atomic E-state index is -0.241. The predicted molar refractivity (Wildman–Crippen MR) is 87.7 cm³/mol. The Hall–Kier alpha value is -1.78. The number of benzene rings is 1. The summed E-state index contributed by atoms with van der Waals surface area (Å²) >= 11 is 11.8. The number of pyridine rings is 1. The Morgan fingerprint density at radius 2 is 1.81 bits per heavy atom. The van der Waals surface area contributed by atoms with E-state index in [0.717, 1.165) is 11.3 Å². The number of hydrogen-bond donors (Lipinski definition) is 1. The SMILES string of the molecule is Cc1cc(Cl)nc(Cl)c1NC(=O)c1ccc(N(C)C)cc1. The Morgan fingerprint density at radius 1 is 1.19 bits per heavy atom. The van der Waals surface area contributed by atoms with E-state index in [9.17, 15) is 4.79 Å². The normalized spacial score (nSPS) is 10.3. The third kappa shape index (κ3) is 3.65. The molecule has 0 unspecified atom stereocenters. The standard InChI is InChI=1S/C15H15Cl2N3O/c1-9-8-12(16)18-14(17)13(9)19-15(21)10-4-6-11(7-5-10)20(2)3/h4-8H,1-3H3,(H,19,21). The number of amides is 1. The number of aromatic nitrogens is 1. The number of aryl methyl sites for hydroxylation is 1. The molecule has 6 heteroatoms. The molecule has 0 saturated carbocycles. The van der Waals surface area contributed by atoms with Crippen LogP contribution < -0.4 is 10.2 Å². The monoisotopic (exact) mass is 323 g/mol. The lowest BCUT2D eigenvalue weighted by Crippen LogP contribution is -2.14. The van der Waals surface area contributed by atoms with Crippen LogP contribution in [0.15, 0.2) is 30.3 Å². The smallest absolute Gasteiger partial charge is 0.255 e. The lowest BCUT2D eigenvalue weighted by Gasteiger charge is -2.13. The maximum Gasteiger partial charge on any atom is 0.255 e. The summed E-state index contributed by atoms with van der Waals surface area (Å²) in [6.45, 7) is 1.81. The van der Waals surface area contributed by atoms with E-state index in [0.29, 0.717) is 16.4 Å². The van der Waals surface area contributed by atoms with Crippen molar-refractivity contribution < 1.29 is 4.79 Å². The number of rotatable bonds is 3. The van der Waals surface area contributed by atoms with E-state index < -0.39 is 0 Å². The molecule has 0 bridgehead atoms.